The summed E-state index contributed by atoms with van der Waals surface area (Å²) in [6, 6.07) is 17.2. The highest BCUT2D eigenvalue weighted by Crippen LogP contribution is 2.23. The van der Waals surface area contributed by atoms with Crippen LogP contribution in [0.2, 0.25) is 0 Å². The number of rotatable bonds is 6. The SMILES string of the molecule is CCN(CC)C(=O)c1nc(-c2ccccc2)n(-c2ccc(OC)cc2)n1. The number of aromatic nitrogens is 3. The summed E-state index contributed by atoms with van der Waals surface area (Å²) >= 11 is 0. The minimum Gasteiger partial charge on any atom is -0.497 e. The number of hydrogen-bond acceptors (Lipinski definition) is 4. The molecule has 0 fully saturated rings. The Hall–Kier alpha value is -3.15. The van der Waals surface area contributed by atoms with Crippen LogP contribution in [0.1, 0.15) is 24.5 Å². The van der Waals surface area contributed by atoms with Crippen LogP contribution in [0.4, 0.5) is 0 Å². The highest BCUT2D eigenvalue weighted by Gasteiger charge is 2.21. The Labute approximate surface area is 153 Å². The van der Waals surface area contributed by atoms with Gasteiger partial charge in [0.15, 0.2) is 5.82 Å². The van der Waals surface area contributed by atoms with Gasteiger partial charge in [-0.25, -0.2) is 9.67 Å². The standard InChI is InChI=1S/C20H22N4O2/c1-4-23(5-2)20(25)18-21-19(15-9-7-6-8-10-15)24(22-18)16-11-13-17(26-3)14-12-16/h6-14H,4-5H2,1-3H3. The first kappa shape index (κ1) is 17.7. The van der Waals surface area contributed by atoms with Crippen molar-refractivity contribution < 1.29 is 9.53 Å². The monoisotopic (exact) mass is 350 g/mol. The van der Waals surface area contributed by atoms with Gasteiger partial charge in [-0.2, -0.15) is 0 Å². The van der Waals surface area contributed by atoms with Gasteiger partial charge in [-0.3, -0.25) is 4.79 Å². The van der Waals surface area contributed by atoms with Crippen LogP contribution in [-0.2, 0) is 0 Å². The fourth-order valence-electron chi connectivity index (χ4n) is 2.73. The van der Waals surface area contributed by atoms with E-state index in [1.807, 2.05) is 68.4 Å². The van der Waals surface area contributed by atoms with Crippen molar-refractivity contribution in [3.05, 3.63) is 60.4 Å². The lowest BCUT2D eigenvalue weighted by Crippen LogP contribution is -2.31. The van der Waals surface area contributed by atoms with Gasteiger partial charge in [0.25, 0.3) is 5.91 Å². The Morgan fingerprint density at radius 1 is 1.04 bits per heavy atom. The third-order valence-corrected chi connectivity index (χ3v) is 4.20. The average molecular weight is 350 g/mol. The van der Waals surface area contributed by atoms with Crippen molar-refractivity contribution >= 4 is 5.91 Å². The van der Waals surface area contributed by atoms with Crippen LogP contribution < -0.4 is 4.74 Å². The summed E-state index contributed by atoms with van der Waals surface area (Å²) < 4.78 is 6.92. The summed E-state index contributed by atoms with van der Waals surface area (Å²) in [5.41, 5.74) is 1.71. The Bertz CT molecular complexity index is 869. The summed E-state index contributed by atoms with van der Waals surface area (Å²) in [6.45, 7) is 5.13. The highest BCUT2D eigenvalue weighted by molar-refractivity contribution is 5.91. The molecule has 0 bridgehead atoms. The summed E-state index contributed by atoms with van der Waals surface area (Å²) in [6.07, 6.45) is 0. The fourth-order valence-corrected chi connectivity index (χ4v) is 2.73. The van der Waals surface area contributed by atoms with Gasteiger partial charge >= 0.3 is 0 Å². The Morgan fingerprint density at radius 2 is 1.69 bits per heavy atom. The zero-order valence-electron chi connectivity index (χ0n) is 15.2. The van der Waals surface area contributed by atoms with Crippen LogP contribution >= 0.6 is 0 Å². The van der Waals surface area contributed by atoms with E-state index in [4.69, 9.17) is 4.74 Å². The molecule has 6 heteroatoms. The molecule has 0 atom stereocenters. The molecule has 1 amide bonds. The third kappa shape index (κ3) is 3.44. The topological polar surface area (TPSA) is 60.2 Å². The molecule has 2 aromatic carbocycles. The van der Waals surface area contributed by atoms with E-state index in [-0.39, 0.29) is 11.7 Å². The van der Waals surface area contributed by atoms with E-state index in [2.05, 4.69) is 10.1 Å². The first-order valence-corrected chi connectivity index (χ1v) is 8.64. The van der Waals surface area contributed by atoms with Crippen LogP contribution in [0.15, 0.2) is 54.6 Å². The van der Waals surface area contributed by atoms with Gasteiger partial charge in [0.05, 0.1) is 12.8 Å². The molecular weight excluding hydrogens is 328 g/mol. The molecule has 0 unspecified atom stereocenters. The minimum absolute atomic E-state index is 0.167. The van der Waals surface area contributed by atoms with E-state index < -0.39 is 0 Å². The van der Waals surface area contributed by atoms with E-state index in [1.54, 1.807) is 16.7 Å². The molecule has 0 spiro atoms. The first-order chi connectivity index (χ1) is 12.7. The van der Waals surface area contributed by atoms with Crippen LogP contribution in [0.3, 0.4) is 0 Å². The molecule has 26 heavy (non-hydrogen) atoms. The summed E-state index contributed by atoms with van der Waals surface area (Å²) in [5, 5.41) is 4.50. The molecule has 0 N–H and O–H groups in total. The Balaban J connectivity index is 2.10. The number of nitrogens with zero attached hydrogens (tertiary/aromatic N) is 4. The number of benzene rings is 2. The van der Waals surface area contributed by atoms with E-state index in [1.165, 1.54) is 0 Å². The van der Waals surface area contributed by atoms with Gasteiger partial charge < -0.3 is 9.64 Å². The molecule has 0 saturated heterocycles. The fraction of sp³-hybridized carbons (Fsp3) is 0.250. The van der Waals surface area contributed by atoms with Gasteiger partial charge in [-0.05, 0) is 38.1 Å². The molecule has 0 aliphatic carbocycles. The Kier molecular flexibility index (Phi) is 5.31. The van der Waals surface area contributed by atoms with Crippen LogP contribution in [0, 0.1) is 0 Å². The molecule has 3 aromatic rings. The second kappa shape index (κ2) is 7.82. The maximum absolute atomic E-state index is 12.7. The van der Waals surface area contributed by atoms with Crippen LogP contribution in [0.5, 0.6) is 5.75 Å². The molecule has 134 valence electrons. The van der Waals surface area contributed by atoms with E-state index in [0.717, 1.165) is 17.0 Å². The Morgan fingerprint density at radius 3 is 2.27 bits per heavy atom. The van der Waals surface area contributed by atoms with Gasteiger partial charge in [-0.1, -0.05) is 30.3 Å². The molecule has 1 aromatic heterocycles. The van der Waals surface area contributed by atoms with Gasteiger partial charge in [0.2, 0.25) is 5.82 Å². The maximum atomic E-state index is 12.7. The third-order valence-electron chi connectivity index (χ3n) is 4.20. The number of ether oxygens (including phenoxy) is 1. The molecule has 6 nitrogen and oxygen atoms in total. The lowest BCUT2D eigenvalue weighted by Gasteiger charge is -2.15. The molecule has 0 radical (unpaired) electrons. The smallest absolute Gasteiger partial charge is 0.293 e. The molecule has 0 aliphatic heterocycles. The molecule has 0 saturated carbocycles. The lowest BCUT2D eigenvalue weighted by atomic mass is 10.2. The minimum atomic E-state index is -0.167. The zero-order chi connectivity index (χ0) is 18.5. The summed E-state index contributed by atoms with van der Waals surface area (Å²) in [7, 11) is 1.63. The first-order valence-electron chi connectivity index (χ1n) is 8.64. The number of carbonyl (C=O) groups excluding carboxylic acids is 1. The zero-order valence-corrected chi connectivity index (χ0v) is 15.2. The van der Waals surface area contributed by atoms with E-state index in [9.17, 15) is 4.79 Å². The number of amides is 1. The number of hydrogen-bond donors (Lipinski definition) is 0. The summed E-state index contributed by atoms with van der Waals surface area (Å²) in [5.74, 6) is 1.42. The molecule has 1 heterocycles. The van der Waals surface area contributed by atoms with Crippen molar-refractivity contribution in [2.24, 2.45) is 0 Å². The second-order valence-electron chi connectivity index (χ2n) is 5.71. The average Bonchev–Trinajstić information content (AvgIpc) is 3.15. The van der Waals surface area contributed by atoms with Crippen molar-refractivity contribution in [3.8, 4) is 22.8 Å². The predicted molar refractivity (Wildman–Crippen MR) is 101 cm³/mol. The van der Waals surface area contributed by atoms with Crippen molar-refractivity contribution in [2.75, 3.05) is 20.2 Å². The van der Waals surface area contributed by atoms with Crippen molar-refractivity contribution in [1.82, 2.24) is 19.7 Å². The van der Waals surface area contributed by atoms with Crippen molar-refractivity contribution in [2.45, 2.75) is 13.8 Å². The predicted octanol–water partition coefficient (Wildman–Crippen LogP) is 3.42. The normalized spacial score (nSPS) is 10.6. The van der Waals surface area contributed by atoms with Crippen LogP contribution in [-0.4, -0.2) is 45.8 Å². The van der Waals surface area contributed by atoms with Crippen molar-refractivity contribution in [1.29, 1.82) is 0 Å². The van der Waals surface area contributed by atoms with E-state index >= 15 is 0 Å². The van der Waals surface area contributed by atoms with E-state index in [0.29, 0.717) is 18.9 Å². The molecular formula is C20H22N4O2. The number of methoxy groups -OCH3 is 1. The molecule has 0 aliphatic rings. The maximum Gasteiger partial charge on any atom is 0.293 e. The highest BCUT2D eigenvalue weighted by atomic mass is 16.5. The van der Waals surface area contributed by atoms with Gasteiger partial charge in [-0.15, -0.1) is 5.10 Å². The van der Waals surface area contributed by atoms with Gasteiger partial charge in [0, 0.05) is 18.7 Å². The summed E-state index contributed by atoms with van der Waals surface area (Å²) in [4.78, 5) is 19.0. The van der Waals surface area contributed by atoms with Gasteiger partial charge in [0.1, 0.15) is 5.75 Å². The quantitative estimate of drug-likeness (QED) is 0.683. The lowest BCUT2D eigenvalue weighted by molar-refractivity contribution is 0.0761. The largest absolute Gasteiger partial charge is 0.497 e. The second-order valence-corrected chi connectivity index (χ2v) is 5.71. The molecule has 3 rings (SSSR count). The van der Waals surface area contributed by atoms with Crippen LogP contribution in [0.25, 0.3) is 17.1 Å². The number of carbonyl (C=O) groups is 1. The van der Waals surface area contributed by atoms with Crippen molar-refractivity contribution in [3.63, 3.8) is 0 Å².